The van der Waals surface area contributed by atoms with Gasteiger partial charge in [0.25, 0.3) is 0 Å². The average molecular weight is 140 g/mol. The summed E-state index contributed by atoms with van der Waals surface area (Å²) in [5, 5.41) is 0. The lowest BCUT2D eigenvalue weighted by atomic mass is 10.4. The molecule has 0 unspecified atom stereocenters. The first-order valence-electron chi connectivity index (χ1n) is 2.99. The molecule has 0 fully saturated rings. The number of hydrogen-bond acceptors (Lipinski definition) is 1. The lowest BCUT2D eigenvalue weighted by Crippen LogP contribution is -1.57. The lowest BCUT2D eigenvalue weighted by Gasteiger charge is -1.81. The van der Waals surface area contributed by atoms with Gasteiger partial charge in [0.05, 0.1) is 0 Å². The van der Waals surface area contributed by atoms with Crippen LogP contribution in [0.1, 0.15) is 13.3 Å². The highest BCUT2D eigenvalue weighted by atomic mass is 32.1. The lowest BCUT2D eigenvalue weighted by molar-refractivity contribution is 1.22. The molecular weight excluding hydrogens is 128 g/mol. The van der Waals surface area contributed by atoms with E-state index in [0.717, 1.165) is 11.3 Å². The second-order valence-corrected chi connectivity index (χ2v) is 2.15. The summed E-state index contributed by atoms with van der Waals surface area (Å²) < 4.78 is 0. The molecule has 0 saturated heterocycles. The van der Waals surface area contributed by atoms with E-state index >= 15 is 0 Å². The summed E-state index contributed by atoms with van der Waals surface area (Å²) >= 11 is 4.09. The number of thiol groups is 1. The van der Waals surface area contributed by atoms with Gasteiger partial charge in [-0.2, -0.15) is 0 Å². The van der Waals surface area contributed by atoms with E-state index in [1.807, 2.05) is 12.2 Å². The smallest absolute Gasteiger partial charge is 0.00339 e. The molecule has 0 atom stereocenters. The molecule has 0 rings (SSSR count). The Morgan fingerprint density at radius 2 is 2.33 bits per heavy atom. The van der Waals surface area contributed by atoms with E-state index in [1.54, 1.807) is 6.08 Å². The van der Waals surface area contributed by atoms with Gasteiger partial charge in [0.1, 0.15) is 0 Å². The predicted molar refractivity (Wildman–Crippen MR) is 46.7 cm³/mol. The summed E-state index contributed by atoms with van der Waals surface area (Å²) in [6, 6.07) is 0. The van der Waals surface area contributed by atoms with Crippen molar-refractivity contribution >= 4 is 12.6 Å². The topological polar surface area (TPSA) is 0 Å². The van der Waals surface area contributed by atoms with Crippen molar-refractivity contribution < 1.29 is 0 Å². The molecule has 0 aromatic heterocycles. The van der Waals surface area contributed by atoms with Gasteiger partial charge in [0.2, 0.25) is 0 Å². The fourth-order valence-electron chi connectivity index (χ4n) is 0.371. The molecule has 0 aromatic carbocycles. The molecule has 1 heteroatoms. The van der Waals surface area contributed by atoms with E-state index in [9.17, 15) is 0 Å². The highest BCUT2D eigenvalue weighted by Gasteiger charge is 1.72. The Balaban J connectivity index is 3.68. The van der Waals surface area contributed by atoms with Crippen molar-refractivity contribution in [2.75, 3.05) is 0 Å². The van der Waals surface area contributed by atoms with Crippen LogP contribution in [0.4, 0.5) is 0 Å². The third kappa shape index (κ3) is 5.44. The fraction of sp³-hybridized carbons (Fsp3) is 0.250. The van der Waals surface area contributed by atoms with Gasteiger partial charge in [-0.25, -0.2) is 0 Å². The maximum atomic E-state index is 4.09. The molecule has 0 aliphatic carbocycles. The highest BCUT2D eigenvalue weighted by molar-refractivity contribution is 7.84. The minimum absolute atomic E-state index is 0.903. The molecule has 0 N–H and O–H groups in total. The Labute approximate surface area is 62.4 Å². The van der Waals surface area contributed by atoms with Gasteiger partial charge in [-0.15, -0.1) is 12.6 Å². The summed E-state index contributed by atoms with van der Waals surface area (Å²) in [7, 11) is 0. The van der Waals surface area contributed by atoms with E-state index < -0.39 is 0 Å². The van der Waals surface area contributed by atoms with Gasteiger partial charge in [0.15, 0.2) is 0 Å². The normalized spacial score (nSPS) is 12.4. The summed E-state index contributed by atoms with van der Waals surface area (Å²) in [6.07, 6.45) is 8.74. The molecule has 0 aliphatic heterocycles. The standard InChI is InChI=1S/C8H12S/c1-3-5-6-7-8(9)4-2/h4-7,9H,2-3H2,1H3/b6-5-,8-7+. The van der Waals surface area contributed by atoms with Crippen LogP contribution in [-0.2, 0) is 0 Å². The van der Waals surface area contributed by atoms with Crippen LogP contribution in [-0.4, -0.2) is 0 Å². The van der Waals surface area contributed by atoms with Crippen molar-refractivity contribution in [1.82, 2.24) is 0 Å². The van der Waals surface area contributed by atoms with Gasteiger partial charge in [-0.3, -0.25) is 0 Å². The molecule has 0 nitrogen and oxygen atoms in total. The van der Waals surface area contributed by atoms with Gasteiger partial charge in [0, 0.05) is 4.91 Å². The molecule has 0 amide bonds. The molecule has 50 valence electrons. The molecule has 9 heavy (non-hydrogen) atoms. The van der Waals surface area contributed by atoms with Crippen LogP contribution in [0.25, 0.3) is 0 Å². The second kappa shape index (κ2) is 5.70. The monoisotopic (exact) mass is 140 g/mol. The molecule has 0 heterocycles. The van der Waals surface area contributed by atoms with E-state index in [2.05, 4.69) is 32.2 Å². The first-order valence-corrected chi connectivity index (χ1v) is 3.44. The first kappa shape index (κ1) is 8.57. The van der Waals surface area contributed by atoms with Crippen LogP contribution >= 0.6 is 12.6 Å². The Morgan fingerprint density at radius 1 is 1.67 bits per heavy atom. The van der Waals surface area contributed by atoms with Gasteiger partial charge in [-0.1, -0.05) is 31.7 Å². The van der Waals surface area contributed by atoms with Crippen LogP contribution < -0.4 is 0 Å². The number of hydrogen-bond donors (Lipinski definition) is 1. The maximum absolute atomic E-state index is 4.09. The van der Waals surface area contributed by atoms with Crippen LogP contribution in [0.3, 0.4) is 0 Å². The summed E-state index contributed by atoms with van der Waals surface area (Å²) in [4.78, 5) is 0.903. The van der Waals surface area contributed by atoms with Crippen LogP contribution in [0, 0.1) is 0 Å². The second-order valence-electron chi connectivity index (χ2n) is 1.63. The van der Waals surface area contributed by atoms with Crippen molar-refractivity contribution in [2.45, 2.75) is 13.3 Å². The minimum atomic E-state index is 0.903. The van der Waals surface area contributed by atoms with Gasteiger partial charge >= 0.3 is 0 Å². The van der Waals surface area contributed by atoms with Crippen LogP contribution in [0.5, 0.6) is 0 Å². The van der Waals surface area contributed by atoms with Crippen LogP contribution in [0.15, 0.2) is 35.8 Å². The first-order chi connectivity index (χ1) is 4.31. The molecule has 0 aromatic rings. The van der Waals surface area contributed by atoms with E-state index in [-0.39, 0.29) is 0 Å². The Morgan fingerprint density at radius 3 is 2.78 bits per heavy atom. The fourth-order valence-corrected chi connectivity index (χ4v) is 0.457. The molecule has 0 bridgehead atoms. The maximum Gasteiger partial charge on any atom is 0.00339 e. The Kier molecular flexibility index (Phi) is 5.43. The molecule has 0 spiro atoms. The van der Waals surface area contributed by atoms with E-state index in [4.69, 9.17) is 0 Å². The third-order valence-electron chi connectivity index (χ3n) is 0.848. The summed E-state index contributed by atoms with van der Waals surface area (Å²) in [6.45, 7) is 5.65. The Hall–Kier alpha value is -0.430. The minimum Gasteiger partial charge on any atom is -0.143 e. The summed E-state index contributed by atoms with van der Waals surface area (Å²) in [5.74, 6) is 0. The van der Waals surface area contributed by atoms with Gasteiger partial charge in [-0.05, 0) is 12.5 Å². The average Bonchev–Trinajstić information content (AvgIpc) is 1.89. The zero-order valence-electron chi connectivity index (χ0n) is 5.67. The Bertz CT molecular complexity index is 132. The molecule has 0 saturated carbocycles. The quantitative estimate of drug-likeness (QED) is 0.452. The zero-order chi connectivity index (χ0) is 7.11. The summed E-state index contributed by atoms with van der Waals surface area (Å²) in [5.41, 5.74) is 0. The zero-order valence-corrected chi connectivity index (χ0v) is 6.57. The van der Waals surface area contributed by atoms with Crippen molar-refractivity contribution in [2.24, 2.45) is 0 Å². The van der Waals surface area contributed by atoms with Crippen LogP contribution in [0.2, 0.25) is 0 Å². The SMILES string of the molecule is C=C/C(S)=C\C=C/CC. The largest absolute Gasteiger partial charge is 0.143 e. The van der Waals surface area contributed by atoms with Crippen molar-refractivity contribution in [3.05, 3.63) is 35.8 Å². The third-order valence-corrected chi connectivity index (χ3v) is 1.18. The number of allylic oxidation sites excluding steroid dienone is 4. The van der Waals surface area contributed by atoms with Gasteiger partial charge < -0.3 is 0 Å². The predicted octanol–water partition coefficient (Wildman–Crippen LogP) is 2.95. The molecule has 0 radical (unpaired) electrons. The number of rotatable bonds is 3. The van der Waals surface area contributed by atoms with E-state index in [0.29, 0.717) is 0 Å². The molecular formula is C8H12S. The van der Waals surface area contributed by atoms with Crippen molar-refractivity contribution in [1.29, 1.82) is 0 Å². The van der Waals surface area contributed by atoms with Crippen molar-refractivity contribution in [3.8, 4) is 0 Å². The van der Waals surface area contributed by atoms with E-state index in [1.165, 1.54) is 0 Å². The molecule has 0 aliphatic rings. The van der Waals surface area contributed by atoms with Crippen molar-refractivity contribution in [3.63, 3.8) is 0 Å². The highest BCUT2D eigenvalue weighted by Crippen LogP contribution is 2.00.